The maximum absolute atomic E-state index is 2.51. The molecule has 0 fully saturated rings. The van der Waals surface area contributed by atoms with E-state index in [0.29, 0.717) is 9.54 Å². The number of rotatable bonds is 4. The minimum Gasteiger partial charge on any atom is -1.00 e. The Kier molecular flexibility index (Phi) is 8.15. The number of hydrogen-bond acceptors (Lipinski definition) is 0. The van der Waals surface area contributed by atoms with Crippen LogP contribution in [0.25, 0.3) is 17.2 Å². The smallest absolute Gasteiger partial charge is 1.00 e. The van der Waals surface area contributed by atoms with Crippen molar-refractivity contribution in [2.75, 3.05) is 0 Å². The van der Waals surface area contributed by atoms with Gasteiger partial charge in [0.15, 0.2) is 0 Å². The Balaban J connectivity index is 0.00000140. The van der Waals surface area contributed by atoms with E-state index in [4.69, 9.17) is 0 Å². The normalized spacial score (nSPS) is 19.9. The fraction of sp³-hybridized carbons (Fsp3) is 0.280. The van der Waals surface area contributed by atoms with Gasteiger partial charge in [0.1, 0.15) is 0 Å². The molecule has 0 saturated heterocycles. The first-order valence-corrected chi connectivity index (χ1v) is 12.3. The molecule has 4 rings (SSSR count). The van der Waals surface area contributed by atoms with Gasteiger partial charge in [0.25, 0.3) is 0 Å². The van der Waals surface area contributed by atoms with Crippen molar-refractivity contribution in [3.8, 4) is 11.1 Å². The average molecular weight is 489 g/mol. The molecule has 144 valence electrons. The topological polar surface area (TPSA) is 0 Å². The molecule has 0 saturated carbocycles. The molecule has 0 bridgehead atoms. The molecule has 0 radical (unpaired) electrons. The van der Waals surface area contributed by atoms with Crippen LogP contribution in [0.2, 0.25) is 0 Å². The van der Waals surface area contributed by atoms with Crippen molar-refractivity contribution < 1.29 is 48.0 Å². The Morgan fingerprint density at radius 3 is 2.25 bits per heavy atom. The number of benzene rings is 2. The standard InChI is InChI=1S/C17H15.C8H11.2ClH.Zr/c1-2-13-11-15-9-6-10-16(17(15)12-13)14-7-4-3-5-8-14;1-6-4-7(2)8(3)5-6;;;/h3-12H,2H2,1H3;4,6H,1-3H3;2*1H;/q;;;;+2/p-2. The van der Waals surface area contributed by atoms with E-state index >= 15 is 0 Å². The molecule has 0 aliphatic heterocycles. The maximum atomic E-state index is 2.51. The van der Waals surface area contributed by atoms with Crippen molar-refractivity contribution in [2.45, 2.75) is 37.7 Å². The summed E-state index contributed by atoms with van der Waals surface area (Å²) in [5.74, 6) is 0.654. The van der Waals surface area contributed by atoms with E-state index in [1.165, 1.54) is 28.7 Å². The van der Waals surface area contributed by atoms with Gasteiger partial charge in [0.05, 0.1) is 0 Å². The Morgan fingerprint density at radius 1 is 0.929 bits per heavy atom. The van der Waals surface area contributed by atoms with Crippen LogP contribution in [0.4, 0.5) is 0 Å². The molecule has 0 N–H and O–H groups in total. The number of halogens is 2. The predicted molar refractivity (Wildman–Crippen MR) is 109 cm³/mol. The Labute approximate surface area is 193 Å². The average Bonchev–Trinajstić information content (AvgIpc) is 3.14. The Morgan fingerprint density at radius 2 is 1.64 bits per heavy atom. The van der Waals surface area contributed by atoms with E-state index in [9.17, 15) is 0 Å². The minimum atomic E-state index is -0.708. The molecule has 2 aliphatic carbocycles. The van der Waals surface area contributed by atoms with Crippen molar-refractivity contribution in [1.82, 2.24) is 0 Å². The van der Waals surface area contributed by atoms with Crippen molar-refractivity contribution >= 4 is 6.08 Å². The number of allylic oxidation sites excluding steroid dienone is 5. The minimum absolute atomic E-state index is 0. The van der Waals surface area contributed by atoms with Crippen LogP contribution in [0, 0.1) is 5.92 Å². The zero-order chi connectivity index (χ0) is 18.3. The quantitative estimate of drug-likeness (QED) is 0.606. The van der Waals surface area contributed by atoms with Crippen LogP contribution in [0.3, 0.4) is 0 Å². The van der Waals surface area contributed by atoms with Gasteiger partial charge in [-0.25, -0.2) is 0 Å². The van der Waals surface area contributed by atoms with Gasteiger partial charge in [0, 0.05) is 0 Å². The molecule has 0 amide bonds. The summed E-state index contributed by atoms with van der Waals surface area (Å²) in [5, 5.41) is 0. The van der Waals surface area contributed by atoms with Gasteiger partial charge in [-0.1, -0.05) is 0 Å². The van der Waals surface area contributed by atoms with Crippen molar-refractivity contribution in [1.29, 1.82) is 0 Å². The number of hydrogen-bond donors (Lipinski definition) is 0. The summed E-state index contributed by atoms with van der Waals surface area (Å²) in [7, 11) is 0. The molecule has 2 aliphatic rings. The molecule has 2 aromatic rings. The van der Waals surface area contributed by atoms with E-state index in [1.54, 1.807) is 20.0 Å². The van der Waals surface area contributed by atoms with Gasteiger partial charge in [-0.2, -0.15) is 0 Å². The summed E-state index contributed by atoms with van der Waals surface area (Å²) in [5.41, 5.74) is 10.6. The molecule has 0 nitrogen and oxygen atoms in total. The molecule has 0 aromatic heterocycles. The molecule has 0 heterocycles. The van der Waals surface area contributed by atoms with Gasteiger partial charge < -0.3 is 24.8 Å². The van der Waals surface area contributed by atoms with E-state index < -0.39 is 23.2 Å². The van der Waals surface area contributed by atoms with Crippen LogP contribution >= 0.6 is 0 Å². The third-order valence-corrected chi connectivity index (χ3v) is 11.1. The van der Waals surface area contributed by atoms with E-state index in [-0.39, 0.29) is 24.8 Å². The van der Waals surface area contributed by atoms with Crippen LogP contribution in [0.5, 0.6) is 0 Å². The van der Waals surface area contributed by atoms with Gasteiger partial charge in [-0.15, -0.1) is 0 Å². The first-order valence-electron chi connectivity index (χ1n) is 9.65. The summed E-state index contributed by atoms with van der Waals surface area (Å²) < 4.78 is 2.50. The van der Waals surface area contributed by atoms with Gasteiger partial charge >= 0.3 is 170 Å². The van der Waals surface area contributed by atoms with Gasteiger partial charge in [0.2, 0.25) is 0 Å². The third kappa shape index (κ3) is 4.18. The van der Waals surface area contributed by atoms with Crippen LogP contribution < -0.4 is 24.8 Å². The SMILES string of the molecule is CCC1=Cc2c(-c3ccccc3)cccc2[CH]1[Zr+2][C]1=C(C)C(C)=CC1C.[Cl-].[Cl-]. The molecule has 2 unspecified atom stereocenters. The summed E-state index contributed by atoms with van der Waals surface area (Å²) >= 11 is -0.708. The second kappa shape index (κ2) is 9.75. The molecule has 28 heavy (non-hydrogen) atoms. The van der Waals surface area contributed by atoms with Gasteiger partial charge in [-0.3, -0.25) is 0 Å². The summed E-state index contributed by atoms with van der Waals surface area (Å²) in [6, 6.07) is 17.8. The van der Waals surface area contributed by atoms with Crippen LogP contribution in [-0.2, 0) is 23.2 Å². The molecule has 3 heteroatoms. The van der Waals surface area contributed by atoms with E-state index in [0.717, 1.165) is 0 Å². The fourth-order valence-electron chi connectivity index (χ4n) is 4.34. The molecular formula is C25H26Cl2Zr. The third-order valence-electron chi connectivity index (χ3n) is 5.90. The zero-order valence-corrected chi connectivity index (χ0v) is 20.9. The summed E-state index contributed by atoms with van der Waals surface area (Å²) in [6.07, 6.45) is 6.15. The molecule has 2 atom stereocenters. The first kappa shape index (κ1) is 23.4. The van der Waals surface area contributed by atoms with Crippen LogP contribution in [0.1, 0.15) is 48.9 Å². The van der Waals surface area contributed by atoms with E-state index in [1.807, 2.05) is 0 Å². The van der Waals surface area contributed by atoms with Crippen molar-refractivity contribution in [3.05, 3.63) is 85.7 Å². The fourth-order valence-corrected chi connectivity index (χ4v) is 9.14. The zero-order valence-electron chi connectivity index (χ0n) is 16.9. The maximum Gasteiger partial charge on any atom is -1.00 e. The van der Waals surface area contributed by atoms with Gasteiger partial charge in [-0.05, 0) is 0 Å². The molecular weight excluding hydrogens is 462 g/mol. The number of fused-ring (bicyclic) bond motifs is 1. The largest absolute Gasteiger partial charge is 1.00 e. The Bertz CT molecular complexity index is 938. The van der Waals surface area contributed by atoms with Crippen LogP contribution in [0.15, 0.2) is 74.6 Å². The Hall–Kier alpha value is -0.877. The molecule has 2 aromatic carbocycles. The monoisotopic (exact) mass is 486 g/mol. The van der Waals surface area contributed by atoms with Crippen molar-refractivity contribution in [2.24, 2.45) is 5.92 Å². The van der Waals surface area contributed by atoms with Crippen molar-refractivity contribution in [3.63, 3.8) is 0 Å². The predicted octanol–water partition coefficient (Wildman–Crippen LogP) is 1.16. The second-order valence-electron chi connectivity index (χ2n) is 7.50. The summed E-state index contributed by atoms with van der Waals surface area (Å²) in [4.78, 5) is 0. The summed E-state index contributed by atoms with van der Waals surface area (Å²) in [6.45, 7) is 9.35. The first-order chi connectivity index (χ1) is 12.6. The van der Waals surface area contributed by atoms with E-state index in [2.05, 4.69) is 88.4 Å². The molecule has 0 spiro atoms. The van der Waals surface area contributed by atoms with Crippen LogP contribution in [-0.4, -0.2) is 0 Å². The second-order valence-corrected chi connectivity index (χ2v) is 11.0.